The third-order valence-corrected chi connectivity index (χ3v) is 3.00. The maximum Gasteiger partial charge on any atom is 0.150 e. The normalized spacial score (nSPS) is 17.9. The molecule has 0 bridgehead atoms. The summed E-state index contributed by atoms with van der Waals surface area (Å²) in [6, 6.07) is 9.74. The highest BCUT2D eigenvalue weighted by atomic mass is 16.1. The summed E-state index contributed by atoms with van der Waals surface area (Å²) in [5, 5.41) is 9.12. The first kappa shape index (κ1) is 8.96. The van der Waals surface area contributed by atoms with E-state index in [9.17, 15) is 4.79 Å². The van der Waals surface area contributed by atoms with Crippen LogP contribution >= 0.6 is 0 Å². The molecule has 0 atom stereocenters. The quantitative estimate of drug-likeness (QED) is 0.664. The van der Waals surface area contributed by atoms with E-state index in [-0.39, 0.29) is 5.41 Å². The van der Waals surface area contributed by atoms with Crippen LogP contribution in [0.1, 0.15) is 35.2 Å². The van der Waals surface area contributed by atoms with E-state index in [1.165, 1.54) is 0 Å². The van der Waals surface area contributed by atoms with Gasteiger partial charge in [0.05, 0.1) is 11.5 Å². The number of aldehydes is 1. The third-order valence-electron chi connectivity index (χ3n) is 3.00. The summed E-state index contributed by atoms with van der Waals surface area (Å²) < 4.78 is 0. The van der Waals surface area contributed by atoms with E-state index < -0.39 is 0 Å². The van der Waals surface area contributed by atoms with E-state index in [1.807, 2.05) is 18.2 Å². The van der Waals surface area contributed by atoms with Crippen LogP contribution in [-0.4, -0.2) is 6.29 Å². The highest BCUT2D eigenvalue weighted by Crippen LogP contribution is 2.43. The summed E-state index contributed by atoms with van der Waals surface area (Å²) in [5.74, 6) is 0. The Kier molecular flexibility index (Phi) is 2.09. The van der Waals surface area contributed by atoms with Gasteiger partial charge in [-0.15, -0.1) is 0 Å². The van der Waals surface area contributed by atoms with Crippen molar-refractivity contribution in [3.63, 3.8) is 0 Å². The Morgan fingerprint density at radius 3 is 2.71 bits per heavy atom. The average molecular weight is 185 g/mol. The SMILES string of the molecule is N#CC1(c2cccc(C=O)c2)CCC1. The van der Waals surface area contributed by atoms with Gasteiger partial charge in [0.15, 0.2) is 0 Å². The fourth-order valence-electron chi connectivity index (χ4n) is 1.91. The Hall–Kier alpha value is -1.62. The van der Waals surface area contributed by atoms with Gasteiger partial charge < -0.3 is 0 Å². The molecule has 0 heterocycles. The number of carbonyl (C=O) groups excluding carboxylic acids is 1. The molecule has 0 amide bonds. The van der Waals surface area contributed by atoms with Crippen LogP contribution in [0.15, 0.2) is 24.3 Å². The molecule has 0 unspecified atom stereocenters. The van der Waals surface area contributed by atoms with Crippen LogP contribution in [0.5, 0.6) is 0 Å². The minimum absolute atomic E-state index is 0.307. The summed E-state index contributed by atoms with van der Waals surface area (Å²) in [7, 11) is 0. The van der Waals surface area contributed by atoms with Gasteiger partial charge in [-0.25, -0.2) is 0 Å². The fraction of sp³-hybridized carbons (Fsp3) is 0.333. The van der Waals surface area contributed by atoms with Crippen LogP contribution in [0.2, 0.25) is 0 Å². The fourth-order valence-corrected chi connectivity index (χ4v) is 1.91. The molecule has 0 N–H and O–H groups in total. The van der Waals surface area contributed by atoms with Gasteiger partial charge in [-0.3, -0.25) is 4.79 Å². The Labute approximate surface area is 83.2 Å². The summed E-state index contributed by atoms with van der Waals surface area (Å²) >= 11 is 0. The number of nitriles is 1. The van der Waals surface area contributed by atoms with E-state index >= 15 is 0 Å². The van der Waals surface area contributed by atoms with E-state index in [4.69, 9.17) is 5.26 Å². The number of hydrogen-bond acceptors (Lipinski definition) is 2. The summed E-state index contributed by atoms with van der Waals surface area (Å²) in [4.78, 5) is 10.6. The Morgan fingerprint density at radius 2 is 2.21 bits per heavy atom. The molecule has 0 radical (unpaired) electrons. The molecule has 1 aliphatic rings. The smallest absolute Gasteiger partial charge is 0.150 e. The maximum atomic E-state index is 10.6. The molecule has 1 aromatic carbocycles. The molecule has 0 aromatic heterocycles. The molecular formula is C12H11NO. The molecule has 1 saturated carbocycles. The number of benzene rings is 1. The van der Waals surface area contributed by atoms with Gasteiger partial charge in [0.2, 0.25) is 0 Å². The van der Waals surface area contributed by atoms with E-state index in [2.05, 4.69) is 6.07 Å². The molecule has 0 saturated heterocycles. The number of nitrogens with zero attached hydrogens (tertiary/aromatic N) is 1. The topological polar surface area (TPSA) is 40.9 Å². The molecular weight excluding hydrogens is 174 g/mol. The van der Waals surface area contributed by atoms with E-state index in [0.29, 0.717) is 5.56 Å². The largest absolute Gasteiger partial charge is 0.298 e. The molecule has 1 aliphatic carbocycles. The molecule has 1 aromatic rings. The molecule has 0 spiro atoms. The van der Waals surface area contributed by atoms with Gasteiger partial charge in [-0.2, -0.15) is 5.26 Å². The van der Waals surface area contributed by atoms with Gasteiger partial charge in [0.1, 0.15) is 6.29 Å². The van der Waals surface area contributed by atoms with Crippen LogP contribution in [0.3, 0.4) is 0 Å². The van der Waals surface area contributed by atoms with Crippen molar-refractivity contribution in [2.24, 2.45) is 0 Å². The first-order chi connectivity index (χ1) is 6.80. The molecule has 2 rings (SSSR count). The average Bonchev–Trinajstić information content (AvgIpc) is 2.18. The minimum Gasteiger partial charge on any atom is -0.298 e. The van der Waals surface area contributed by atoms with Crippen molar-refractivity contribution in [1.82, 2.24) is 0 Å². The van der Waals surface area contributed by atoms with E-state index in [0.717, 1.165) is 31.1 Å². The van der Waals surface area contributed by atoms with Crippen LogP contribution in [0.25, 0.3) is 0 Å². The Bertz CT molecular complexity index is 399. The molecule has 1 fully saturated rings. The van der Waals surface area contributed by atoms with Crippen molar-refractivity contribution >= 4 is 6.29 Å². The number of carbonyl (C=O) groups is 1. The molecule has 2 heteroatoms. The van der Waals surface area contributed by atoms with Crippen LogP contribution < -0.4 is 0 Å². The highest BCUT2D eigenvalue weighted by Gasteiger charge is 2.38. The van der Waals surface area contributed by atoms with Crippen molar-refractivity contribution in [3.8, 4) is 6.07 Å². The first-order valence-electron chi connectivity index (χ1n) is 4.78. The monoisotopic (exact) mass is 185 g/mol. The van der Waals surface area contributed by atoms with Crippen molar-refractivity contribution in [2.45, 2.75) is 24.7 Å². The second-order valence-corrected chi connectivity index (χ2v) is 3.79. The highest BCUT2D eigenvalue weighted by molar-refractivity contribution is 5.75. The van der Waals surface area contributed by atoms with Gasteiger partial charge in [0.25, 0.3) is 0 Å². The zero-order valence-corrected chi connectivity index (χ0v) is 7.86. The van der Waals surface area contributed by atoms with Crippen LogP contribution in [0, 0.1) is 11.3 Å². The van der Waals surface area contributed by atoms with Gasteiger partial charge in [-0.05, 0) is 30.9 Å². The van der Waals surface area contributed by atoms with E-state index in [1.54, 1.807) is 6.07 Å². The van der Waals surface area contributed by atoms with Crippen LogP contribution in [0.4, 0.5) is 0 Å². The van der Waals surface area contributed by atoms with Crippen molar-refractivity contribution in [1.29, 1.82) is 5.26 Å². The second kappa shape index (κ2) is 3.26. The van der Waals surface area contributed by atoms with Gasteiger partial charge >= 0.3 is 0 Å². The lowest BCUT2D eigenvalue weighted by Crippen LogP contribution is -2.32. The lowest BCUT2D eigenvalue weighted by Gasteiger charge is -2.35. The summed E-state index contributed by atoms with van der Waals surface area (Å²) in [5.41, 5.74) is 1.35. The predicted octanol–water partition coefficient (Wildman–Crippen LogP) is 2.44. The standard InChI is InChI=1S/C12H11NO/c13-9-12(5-2-6-12)11-4-1-3-10(7-11)8-14/h1,3-4,7-8H,2,5-6H2. The third kappa shape index (κ3) is 1.22. The zero-order valence-electron chi connectivity index (χ0n) is 7.86. The molecule has 2 nitrogen and oxygen atoms in total. The number of rotatable bonds is 2. The molecule has 70 valence electrons. The first-order valence-corrected chi connectivity index (χ1v) is 4.78. The summed E-state index contributed by atoms with van der Waals surface area (Å²) in [6.45, 7) is 0. The van der Waals surface area contributed by atoms with Crippen molar-refractivity contribution < 1.29 is 4.79 Å². The van der Waals surface area contributed by atoms with Gasteiger partial charge in [0, 0.05) is 5.56 Å². The minimum atomic E-state index is -0.307. The molecule has 0 aliphatic heterocycles. The van der Waals surface area contributed by atoms with Crippen molar-refractivity contribution in [2.75, 3.05) is 0 Å². The molecule has 14 heavy (non-hydrogen) atoms. The summed E-state index contributed by atoms with van der Waals surface area (Å²) in [6.07, 6.45) is 3.78. The second-order valence-electron chi connectivity index (χ2n) is 3.79. The van der Waals surface area contributed by atoms with Crippen LogP contribution in [-0.2, 0) is 5.41 Å². The zero-order chi connectivity index (χ0) is 10.0. The number of hydrogen-bond donors (Lipinski definition) is 0. The maximum absolute atomic E-state index is 10.6. The predicted molar refractivity (Wildman–Crippen MR) is 53.0 cm³/mol. The Balaban J connectivity index is 2.41. The van der Waals surface area contributed by atoms with Gasteiger partial charge in [-0.1, -0.05) is 18.2 Å². The lowest BCUT2D eigenvalue weighted by atomic mass is 9.65. The van der Waals surface area contributed by atoms with Crippen molar-refractivity contribution in [3.05, 3.63) is 35.4 Å². The lowest BCUT2D eigenvalue weighted by molar-refractivity contribution is 0.112. The Morgan fingerprint density at radius 1 is 1.43 bits per heavy atom.